The molecule has 0 bridgehead atoms. The average molecular weight is 680 g/mol. The number of hydrogen-bond donors (Lipinski definition) is 1. The summed E-state index contributed by atoms with van der Waals surface area (Å²) in [6.45, 7) is 2.33. The van der Waals surface area contributed by atoms with Gasteiger partial charge in [-0.25, -0.2) is 4.99 Å². The van der Waals surface area contributed by atoms with Gasteiger partial charge in [-0.05, 0) is 66.6 Å². The van der Waals surface area contributed by atoms with Gasteiger partial charge in [-0.1, -0.05) is 89.1 Å². The Morgan fingerprint density at radius 3 is 2.57 bits per heavy atom. The molecule has 0 saturated heterocycles. The van der Waals surface area contributed by atoms with Crippen molar-refractivity contribution in [3.8, 4) is 5.75 Å². The first-order valence-electron chi connectivity index (χ1n) is 14.9. The maximum atomic E-state index is 14.4. The van der Waals surface area contributed by atoms with Gasteiger partial charge in [0.1, 0.15) is 5.75 Å². The molecular weight excluding hydrogens is 651 g/mol. The summed E-state index contributed by atoms with van der Waals surface area (Å²) in [6, 6.07) is 29.5. The molecule has 1 atom stereocenters. The monoisotopic (exact) mass is 678 g/mol. The smallest absolute Gasteiger partial charge is 0.271 e. The first kappa shape index (κ1) is 30.7. The number of carbonyl (C=O) groups is 1. The summed E-state index contributed by atoms with van der Waals surface area (Å²) in [7, 11) is 1.59. The topological polar surface area (TPSA) is 77.6 Å². The molecule has 1 aliphatic rings. The Labute approximate surface area is 284 Å². The zero-order valence-corrected chi connectivity index (χ0v) is 27.7. The zero-order valence-electron chi connectivity index (χ0n) is 25.4. The van der Waals surface area contributed by atoms with E-state index in [0.29, 0.717) is 48.6 Å². The van der Waals surface area contributed by atoms with Gasteiger partial charge >= 0.3 is 0 Å². The van der Waals surface area contributed by atoms with E-state index in [-0.39, 0.29) is 11.5 Å². The molecule has 1 N–H and O–H groups in total. The predicted molar refractivity (Wildman–Crippen MR) is 189 cm³/mol. The molecule has 1 amide bonds. The van der Waals surface area contributed by atoms with Crippen LogP contribution < -0.4 is 24.9 Å². The quantitative estimate of drug-likeness (QED) is 0.194. The molecule has 234 valence electrons. The molecule has 10 heteroatoms. The summed E-state index contributed by atoms with van der Waals surface area (Å²) in [6.07, 6.45) is 3.93. The molecule has 1 aliphatic heterocycles. The van der Waals surface area contributed by atoms with Gasteiger partial charge in [0.05, 0.1) is 29.0 Å². The summed E-state index contributed by atoms with van der Waals surface area (Å²) in [5, 5.41) is 5.15. The largest absolute Gasteiger partial charge is 0.497 e. The van der Waals surface area contributed by atoms with Crippen LogP contribution in [0.1, 0.15) is 29.7 Å². The Balaban J connectivity index is 1.36. The molecule has 3 heterocycles. The SMILES string of the molecule is COc1cccc([C@@H]2C(C(=O)Nc3ccccc3)=C(C)N=c3s/c(=C\c4cn(Cc5ccc(Cl)cc5Cl)c5ccccc45)c(=O)n32)c1. The van der Waals surface area contributed by atoms with Crippen molar-refractivity contribution in [3.05, 3.63) is 161 Å². The normalized spacial score (nSPS) is 14.6. The lowest BCUT2D eigenvalue weighted by Crippen LogP contribution is -2.40. The van der Waals surface area contributed by atoms with E-state index in [1.165, 1.54) is 11.3 Å². The number of rotatable bonds is 7. The fraction of sp³-hybridized carbons (Fsp3) is 0.108. The van der Waals surface area contributed by atoms with Crippen LogP contribution in [0.25, 0.3) is 17.0 Å². The molecule has 7 rings (SSSR count). The minimum atomic E-state index is -0.722. The Morgan fingerprint density at radius 2 is 1.79 bits per heavy atom. The molecule has 47 heavy (non-hydrogen) atoms. The van der Waals surface area contributed by atoms with E-state index in [9.17, 15) is 9.59 Å². The molecule has 0 fully saturated rings. The zero-order chi connectivity index (χ0) is 32.7. The first-order valence-corrected chi connectivity index (χ1v) is 16.4. The van der Waals surface area contributed by atoms with Crippen LogP contribution in [0, 0.1) is 0 Å². The van der Waals surface area contributed by atoms with Crippen LogP contribution in [-0.2, 0) is 11.3 Å². The highest BCUT2D eigenvalue weighted by Crippen LogP contribution is 2.33. The van der Waals surface area contributed by atoms with E-state index in [1.807, 2.05) is 103 Å². The van der Waals surface area contributed by atoms with Gasteiger partial charge in [-0.15, -0.1) is 0 Å². The van der Waals surface area contributed by atoms with E-state index in [4.69, 9.17) is 32.9 Å². The second kappa shape index (κ2) is 12.7. The lowest BCUT2D eigenvalue weighted by atomic mass is 9.95. The number of amides is 1. The van der Waals surface area contributed by atoms with Crippen LogP contribution in [0.2, 0.25) is 10.0 Å². The van der Waals surface area contributed by atoms with Crippen molar-refractivity contribution in [2.24, 2.45) is 4.99 Å². The van der Waals surface area contributed by atoms with E-state index in [2.05, 4.69) is 9.88 Å². The minimum Gasteiger partial charge on any atom is -0.497 e. The van der Waals surface area contributed by atoms with Gasteiger partial charge in [0.2, 0.25) is 0 Å². The molecule has 2 aromatic heterocycles. The number of aromatic nitrogens is 2. The first-order chi connectivity index (χ1) is 22.8. The number of nitrogens with zero attached hydrogens (tertiary/aromatic N) is 3. The van der Waals surface area contributed by atoms with Crippen molar-refractivity contribution in [1.82, 2.24) is 9.13 Å². The number of nitrogens with one attached hydrogen (secondary N) is 1. The highest BCUT2D eigenvalue weighted by molar-refractivity contribution is 7.07. The third-order valence-corrected chi connectivity index (χ3v) is 9.74. The summed E-state index contributed by atoms with van der Waals surface area (Å²) in [5.74, 6) is 0.291. The number of ether oxygens (including phenoxy) is 1. The maximum absolute atomic E-state index is 14.4. The molecule has 0 aliphatic carbocycles. The van der Waals surface area contributed by atoms with Crippen LogP contribution >= 0.6 is 34.5 Å². The van der Waals surface area contributed by atoms with Crippen LogP contribution in [0.3, 0.4) is 0 Å². The lowest BCUT2D eigenvalue weighted by molar-refractivity contribution is -0.113. The van der Waals surface area contributed by atoms with Crippen molar-refractivity contribution >= 4 is 63.1 Å². The van der Waals surface area contributed by atoms with Crippen LogP contribution in [0.5, 0.6) is 5.75 Å². The number of carbonyl (C=O) groups excluding carboxylic acids is 1. The molecule has 6 aromatic rings. The number of anilines is 1. The molecule has 0 saturated carbocycles. The highest BCUT2D eigenvalue weighted by atomic mass is 35.5. The standard InChI is InChI=1S/C37H28Cl2N4O3S/c1-22-33(35(44)41-27-10-4-3-5-11-27)34(23-9-8-12-28(17-23)46-2)43-36(45)32(47-37(43)40-22)18-25-21-42(31-14-7-6-13-29(25)31)20-24-15-16-26(38)19-30(24)39/h3-19,21,34H,20H2,1-2H3,(H,41,44)/b32-18-/t34-/m1/s1. The summed E-state index contributed by atoms with van der Waals surface area (Å²) >= 11 is 14.0. The van der Waals surface area contributed by atoms with Crippen molar-refractivity contribution < 1.29 is 9.53 Å². The Bertz CT molecular complexity index is 2390. The summed E-state index contributed by atoms with van der Waals surface area (Å²) in [5.41, 5.74) is 4.88. The van der Waals surface area contributed by atoms with Gasteiger partial charge in [-0.3, -0.25) is 14.2 Å². The second-order valence-electron chi connectivity index (χ2n) is 11.1. The average Bonchev–Trinajstić information content (AvgIpc) is 3.58. The van der Waals surface area contributed by atoms with E-state index < -0.39 is 6.04 Å². The van der Waals surface area contributed by atoms with Gasteiger partial charge in [0.25, 0.3) is 11.5 Å². The van der Waals surface area contributed by atoms with E-state index >= 15 is 0 Å². The van der Waals surface area contributed by atoms with Crippen molar-refractivity contribution in [2.45, 2.75) is 19.5 Å². The van der Waals surface area contributed by atoms with Crippen LogP contribution in [-0.4, -0.2) is 22.2 Å². The molecule has 7 nitrogen and oxygen atoms in total. The Hall–Kier alpha value is -4.89. The molecule has 0 spiro atoms. The predicted octanol–water partition coefficient (Wildman–Crippen LogP) is 7.19. The van der Waals surface area contributed by atoms with Crippen molar-refractivity contribution in [2.75, 3.05) is 12.4 Å². The number of allylic oxidation sites excluding steroid dienone is 1. The van der Waals surface area contributed by atoms with Gasteiger partial charge in [0, 0.05) is 44.9 Å². The number of methoxy groups -OCH3 is 1. The van der Waals surface area contributed by atoms with Crippen molar-refractivity contribution in [1.29, 1.82) is 0 Å². The lowest BCUT2D eigenvalue weighted by Gasteiger charge is -2.25. The van der Waals surface area contributed by atoms with Gasteiger partial charge in [0.15, 0.2) is 4.80 Å². The molecular formula is C37H28Cl2N4O3S. The number of para-hydroxylation sites is 2. The number of hydrogen-bond acceptors (Lipinski definition) is 5. The number of benzene rings is 4. The Kier molecular flexibility index (Phi) is 8.32. The highest BCUT2D eigenvalue weighted by Gasteiger charge is 2.33. The number of fused-ring (bicyclic) bond motifs is 2. The van der Waals surface area contributed by atoms with Crippen LogP contribution in [0.15, 0.2) is 124 Å². The Morgan fingerprint density at radius 1 is 1.00 bits per heavy atom. The fourth-order valence-corrected chi connectivity index (χ4v) is 7.46. The summed E-state index contributed by atoms with van der Waals surface area (Å²) in [4.78, 5) is 33.5. The third-order valence-electron chi connectivity index (χ3n) is 8.17. The molecule has 4 aromatic carbocycles. The van der Waals surface area contributed by atoms with E-state index in [1.54, 1.807) is 24.7 Å². The maximum Gasteiger partial charge on any atom is 0.271 e. The summed E-state index contributed by atoms with van der Waals surface area (Å²) < 4.78 is 9.75. The second-order valence-corrected chi connectivity index (χ2v) is 13.0. The van der Waals surface area contributed by atoms with Crippen LogP contribution in [0.4, 0.5) is 5.69 Å². The molecule has 0 unspecified atom stereocenters. The minimum absolute atomic E-state index is 0.239. The fourth-order valence-electron chi connectivity index (χ4n) is 5.95. The van der Waals surface area contributed by atoms with Gasteiger partial charge < -0.3 is 14.6 Å². The third kappa shape index (κ3) is 5.91. The van der Waals surface area contributed by atoms with E-state index in [0.717, 1.165) is 27.6 Å². The van der Waals surface area contributed by atoms with Crippen molar-refractivity contribution in [3.63, 3.8) is 0 Å². The molecule has 0 radical (unpaired) electrons. The van der Waals surface area contributed by atoms with Gasteiger partial charge in [-0.2, -0.15) is 0 Å². The number of halogens is 2. The number of thiazole rings is 1.